The number of para-hydroxylation sites is 1. The lowest BCUT2D eigenvalue weighted by atomic mass is 9.98. The predicted molar refractivity (Wildman–Crippen MR) is 143 cm³/mol. The van der Waals surface area contributed by atoms with Crippen LogP contribution in [-0.4, -0.2) is 66.9 Å². The first-order valence-corrected chi connectivity index (χ1v) is 12.7. The largest absolute Gasteiger partial charge is 0.463 e. The second kappa shape index (κ2) is 17.1. The summed E-state index contributed by atoms with van der Waals surface area (Å²) < 4.78 is 10.6. The number of aromatic amines is 1. The topological polar surface area (TPSA) is 130 Å². The monoisotopic (exact) mass is 513 g/mol. The van der Waals surface area contributed by atoms with Crippen molar-refractivity contribution in [1.29, 1.82) is 0 Å². The van der Waals surface area contributed by atoms with Crippen molar-refractivity contribution in [2.45, 2.75) is 44.6 Å². The van der Waals surface area contributed by atoms with Crippen LogP contribution < -0.4 is 10.6 Å². The zero-order valence-electron chi connectivity index (χ0n) is 21.4. The van der Waals surface area contributed by atoms with E-state index in [2.05, 4.69) is 28.8 Å². The van der Waals surface area contributed by atoms with Crippen LogP contribution in [-0.2, 0) is 30.3 Å². The standard InChI is InChI=1S/C28H39N3O6/c1-3-5-6-12-27(34)37-20-23(17-22-19-30-25-11-8-7-10-24(22)25)31-28(35)21(9-4-2)18-26(33)29-13-15-36-16-14-32/h3-4,7-8,10-11,19,21,23,30,32H,1-2,5-6,9,12-18,20H2,(H,29,33)(H,31,35)/t21-,23-/m0/s1. The van der Waals surface area contributed by atoms with Crippen LogP contribution in [0.4, 0.5) is 0 Å². The number of nitrogens with one attached hydrogen (secondary N) is 3. The number of allylic oxidation sites excluding steroid dienone is 2. The number of ether oxygens (including phenoxy) is 2. The molecule has 9 heteroatoms. The minimum absolute atomic E-state index is 0.0149. The van der Waals surface area contributed by atoms with E-state index in [0.717, 1.165) is 22.9 Å². The summed E-state index contributed by atoms with van der Waals surface area (Å²) in [5.41, 5.74) is 1.97. The van der Waals surface area contributed by atoms with E-state index in [0.29, 0.717) is 19.3 Å². The van der Waals surface area contributed by atoms with Gasteiger partial charge < -0.3 is 30.2 Å². The highest BCUT2D eigenvalue weighted by Gasteiger charge is 2.25. The van der Waals surface area contributed by atoms with Crippen LogP contribution in [0.15, 0.2) is 55.8 Å². The SMILES string of the molecule is C=CCCCC(=O)OC[C@H](Cc1c[nH]c2ccccc12)NC(=O)[C@@H](CC=C)CC(=O)NCCOCCO. The Morgan fingerprint density at radius 1 is 1.14 bits per heavy atom. The maximum absolute atomic E-state index is 13.2. The molecule has 9 nitrogen and oxygen atoms in total. The summed E-state index contributed by atoms with van der Waals surface area (Å²) in [6, 6.07) is 7.38. The van der Waals surface area contributed by atoms with Crippen molar-refractivity contribution >= 4 is 28.7 Å². The van der Waals surface area contributed by atoms with E-state index in [4.69, 9.17) is 14.6 Å². The van der Waals surface area contributed by atoms with Crippen LogP contribution in [0.2, 0.25) is 0 Å². The number of carbonyl (C=O) groups excluding carboxylic acids is 3. The molecule has 1 heterocycles. The number of unbranched alkanes of at least 4 members (excludes halogenated alkanes) is 1. The Hall–Kier alpha value is -3.43. The van der Waals surface area contributed by atoms with Crippen LogP contribution in [0.5, 0.6) is 0 Å². The van der Waals surface area contributed by atoms with Crippen LogP contribution in [0.25, 0.3) is 10.9 Å². The third kappa shape index (κ3) is 11.0. The number of carbonyl (C=O) groups is 3. The van der Waals surface area contributed by atoms with Gasteiger partial charge in [0.2, 0.25) is 11.8 Å². The van der Waals surface area contributed by atoms with Crippen LogP contribution in [0.1, 0.15) is 37.7 Å². The molecule has 1 aromatic carbocycles. The molecular weight excluding hydrogens is 474 g/mol. The van der Waals surface area contributed by atoms with E-state index in [1.807, 2.05) is 30.5 Å². The lowest BCUT2D eigenvalue weighted by Gasteiger charge is -2.22. The molecule has 202 valence electrons. The van der Waals surface area contributed by atoms with Crippen molar-refractivity contribution in [2.75, 3.05) is 33.0 Å². The lowest BCUT2D eigenvalue weighted by molar-refractivity contribution is -0.145. The molecular formula is C28H39N3O6. The van der Waals surface area contributed by atoms with Crippen molar-refractivity contribution in [3.8, 4) is 0 Å². The summed E-state index contributed by atoms with van der Waals surface area (Å²) in [4.78, 5) is 41.0. The minimum atomic E-state index is -0.621. The van der Waals surface area contributed by atoms with Gasteiger partial charge in [-0.2, -0.15) is 0 Å². The molecule has 2 aromatic rings. The molecule has 1 aromatic heterocycles. The van der Waals surface area contributed by atoms with Gasteiger partial charge >= 0.3 is 5.97 Å². The lowest BCUT2D eigenvalue weighted by Crippen LogP contribution is -2.44. The number of hydrogen-bond donors (Lipinski definition) is 4. The first kappa shape index (κ1) is 29.8. The zero-order chi connectivity index (χ0) is 26.9. The third-order valence-corrected chi connectivity index (χ3v) is 5.78. The maximum Gasteiger partial charge on any atom is 0.305 e. The Kier molecular flexibility index (Phi) is 13.8. The second-order valence-electron chi connectivity index (χ2n) is 8.74. The first-order valence-electron chi connectivity index (χ1n) is 12.7. The molecule has 0 aliphatic heterocycles. The van der Waals surface area contributed by atoms with Gasteiger partial charge in [-0.25, -0.2) is 0 Å². The number of aliphatic hydroxyl groups is 1. The van der Waals surface area contributed by atoms with Gasteiger partial charge in [0.1, 0.15) is 6.61 Å². The second-order valence-corrected chi connectivity index (χ2v) is 8.74. The number of benzene rings is 1. The van der Waals surface area contributed by atoms with Crippen molar-refractivity contribution in [3.63, 3.8) is 0 Å². The number of aliphatic hydroxyl groups excluding tert-OH is 1. The highest BCUT2D eigenvalue weighted by atomic mass is 16.5. The van der Waals surface area contributed by atoms with Crippen molar-refractivity contribution < 1.29 is 29.0 Å². The Bertz CT molecular complexity index is 1020. The molecule has 0 radical (unpaired) electrons. The zero-order valence-corrected chi connectivity index (χ0v) is 21.4. The Balaban J connectivity index is 2.03. The number of rotatable bonds is 19. The number of aromatic nitrogens is 1. The Morgan fingerprint density at radius 3 is 2.70 bits per heavy atom. The fourth-order valence-corrected chi connectivity index (χ4v) is 3.90. The molecule has 0 spiro atoms. The highest BCUT2D eigenvalue weighted by molar-refractivity contribution is 5.86. The molecule has 0 fully saturated rings. The molecule has 0 aliphatic rings. The highest BCUT2D eigenvalue weighted by Crippen LogP contribution is 2.20. The molecule has 0 saturated carbocycles. The normalized spacial score (nSPS) is 12.5. The number of fused-ring (bicyclic) bond motifs is 1. The average Bonchev–Trinajstić information content (AvgIpc) is 3.29. The maximum atomic E-state index is 13.2. The smallest absolute Gasteiger partial charge is 0.305 e. The number of H-pyrrole nitrogens is 1. The molecule has 4 N–H and O–H groups in total. The predicted octanol–water partition coefficient (Wildman–Crippen LogP) is 2.80. The Morgan fingerprint density at radius 2 is 1.95 bits per heavy atom. The first-order chi connectivity index (χ1) is 18.0. The van der Waals surface area contributed by atoms with Gasteiger partial charge in [0, 0.05) is 36.5 Å². The van der Waals surface area contributed by atoms with E-state index in [-0.39, 0.29) is 63.6 Å². The van der Waals surface area contributed by atoms with E-state index < -0.39 is 12.0 Å². The molecule has 0 bridgehead atoms. The van der Waals surface area contributed by atoms with Crippen molar-refractivity contribution in [2.24, 2.45) is 5.92 Å². The van der Waals surface area contributed by atoms with Gasteiger partial charge in [0.15, 0.2) is 0 Å². The molecule has 0 unspecified atom stereocenters. The Labute approximate surface area is 218 Å². The summed E-state index contributed by atoms with van der Waals surface area (Å²) in [6.45, 7) is 8.07. The molecule has 0 aliphatic carbocycles. The number of hydrogen-bond acceptors (Lipinski definition) is 6. The molecule has 37 heavy (non-hydrogen) atoms. The van der Waals surface area contributed by atoms with E-state index in [1.54, 1.807) is 12.2 Å². The van der Waals surface area contributed by atoms with E-state index >= 15 is 0 Å². The fraction of sp³-hybridized carbons (Fsp3) is 0.464. The molecule has 2 atom stereocenters. The van der Waals surface area contributed by atoms with Gasteiger partial charge in [-0.3, -0.25) is 14.4 Å². The summed E-state index contributed by atoms with van der Waals surface area (Å²) in [5.74, 6) is -1.54. The van der Waals surface area contributed by atoms with E-state index in [9.17, 15) is 14.4 Å². The van der Waals surface area contributed by atoms with Crippen molar-refractivity contribution in [1.82, 2.24) is 15.6 Å². The third-order valence-electron chi connectivity index (χ3n) is 5.78. The number of esters is 1. The quantitative estimate of drug-likeness (QED) is 0.130. The van der Waals surface area contributed by atoms with Gasteiger partial charge in [-0.05, 0) is 37.3 Å². The average molecular weight is 514 g/mol. The number of amides is 2. The van der Waals surface area contributed by atoms with Gasteiger partial charge in [-0.15, -0.1) is 13.2 Å². The van der Waals surface area contributed by atoms with Crippen molar-refractivity contribution in [3.05, 3.63) is 61.3 Å². The summed E-state index contributed by atoms with van der Waals surface area (Å²) in [6.07, 6.45) is 7.67. The van der Waals surface area contributed by atoms with Crippen LogP contribution >= 0.6 is 0 Å². The van der Waals surface area contributed by atoms with Crippen LogP contribution in [0.3, 0.4) is 0 Å². The molecule has 2 amide bonds. The minimum Gasteiger partial charge on any atom is -0.463 e. The summed E-state index contributed by atoms with van der Waals surface area (Å²) in [7, 11) is 0. The molecule has 0 saturated heterocycles. The fourth-order valence-electron chi connectivity index (χ4n) is 3.90. The summed E-state index contributed by atoms with van der Waals surface area (Å²) in [5, 5.41) is 15.5. The van der Waals surface area contributed by atoms with Gasteiger partial charge in [0.05, 0.1) is 31.8 Å². The molecule has 2 rings (SSSR count). The van der Waals surface area contributed by atoms with E-state index in [1.165, 1.54) is 0 Å². The van der Waals surface area contributed by atoms with Gasteiger partial charge in [-0.1, -0.05) is 30.4 Å². The summed E-state index contributed by atoms with van der Waals surface area (Å²) >= 11 is 0. The van der Waals surface area contributed by atoms with Gasteiger partial charge in [0.25, 0.3) is 0 Å². The van der Waals surface area contributed by atoms with Crippen LogP contribution in [0, 0.1) is 5.92 Å².